The van der Waals surface area contributed by atoms with Crippen LogP contribution in [-0.4, -0.2) is 4.98 Å². The summed E-state index contributed by atoms with van der Waals surface area (Å²) in [6.07, 6.45) is 1.55. The van der Waals surface area contributed by atoms with E-state index in [1.165, 1.54) is 12.1 Å². The highest BCUT2D eigenvalue weighted by Crippen LogP contribution is 2.24. The van der Waals surface area contributed by atoms with E-state index in [4.69, 9.17) is 11.6 Å². The molecule has 1 heterocycles. The van der Waals surface area contributed by atoms with Gasteiger partial charge in [0.25, 0.3) is 0 Å². The van der Waals surface area contributed by atoms with Gasteiger partial charge in [-0.2, -0.15) is 0 Å². The molecule has 0 unspecified atom stereocenters. The van der Waals surface area contributed by atoms with Crippen molar-refractivity contribution in [3.63, 3.8) is 0 Å². The van der Waals surface area contributed by atoms with Crippen LogP contribution in [0.1, 0.15) is 5.56 Å². The minimum Gasteiger partial charge on any atom is -0.378 e. The fraction of sp³-hybridized carbons (Fsp3) is 0.0833. The predicted octanol–water partition coefficient (Wildman–Crippen LogP) is 4.39. The van der Waals surface area contributed by atoms with E-state index < -0.39 is 11.6 Å². The number of benzene rings is 1. The molecule has 1 aromatic carbocycles. The van der Waals surface area contributed by atoms with Gasteiger partial charge in [-0.1, -0.05) is 23.7 Å². The second kappa shape index (κ2) is 5.63. The molecule has 0 saturated heterocycles. The number of hydrogen-bond acceptors (Lipinski definition) is 2. The molecule has 2 nitrogen and oxygen atoms in total. The van der Waals surface area contributed by atoms with Crippen LogP contribution in [0.3, 0.4) is 0 Å². The smallest absolute Gasteiger partial charge is 0.163 e. The Labute approximate surface area is 116 Å². The lowest BCUT2D eigenvalue weighted by atomic mass is 10.2. The van der Waals surface area contributed by atoms with Crippen molar-refractivity contribution in [2.45, 2.75) is 6.54 Å². The van der Waals surface area contributed by atoms with Gasteiger partial charge in [-0.05, 0) is 28.1 Å². The van der Waals surface area contributed by atoms with E-state index in [0.29, 0.717) is 5.69 Å². The van der Waals surface area contributed by atoms with E-state index in [1.807, 2.05) is 0 Å². The van der Waals surface area contributed by atoms with Crippen molar-refractivity contribution in [1.29, 1.82) is 0 Å². The Morgan fingerprint density at radius 1 is 1.33 bits per heavy atom. The standard InChI is InChI=1S/C12H8BrClF2N2/c13-8-4-10(12(14)18-6-8)17-5-7-2-1-3-9(15)11(7)16/h1-4,6,17H,5H2. The molecule has 1 aromatic heterocycles. The van der Waals surface area contributed by atoms with Gasteiger partial charge in [0.05, 0.1) is 5.69 Å². The van der Waals surface area contributed by atoms with E-state index in [1.54, 1.807) is 12.3 Å². The van der Waals surface area contributed by atoms with Crippen molar-refractivity contribution in [2.24, 2.45) is 0 Å². The highest BCUT2D eigenvalue weighted by Gasteiger charge is 2.08. The quantitative estimate of drug-likeness (QED) is 0.843. The summed E-state index contributed by atoms with van der Waals surface area (Å²) in [6.45, 7) is 0.126. The molecular formula is C12H8BrClF2N2. The van der Waals surface area contributed by atoms with Crippen LogP contribution in [0.25, 0.3) is 0 Å². The van der Waals surface area contributed by atoms with E-state index in [-0.39, 0.29) is 17.3 Å². The Bertz CT molecular complexity index is 576. The normalized spacial score (nSPS) is 10.4. The molecule has 2 aromatic rings. The Hall–Kier alpha value is -1.20. The molecule has 94 valence electrons. The number of nitrogens with zero attached hydrogens (tertiary/aromatic N) is 1. The highest BCUT2D eigenvalue weighted by atomic mass is 79.9. The van der Waals surface area contributed by atoms with Crippen molar-refractivity contribution in [1.82, 2.24) is 4.98 Å². The molecular weight excluding hydrogens is 325 g/mol. The van der Waals surface area contributed by atoms with Crippen LogP contribution >= 0.6 is 27.5 Å². The van der Waals surface area contributed by atoms with Gasteiger partial charge in [-0.3, -0.25) is 0 Å². The molecule has 0 spiro atoms. The minimum absolute atomic E-state index is 0.126. The van der Waals surface area contributed by atoms with E-state index in [0.717, 1.165) is 10.5 Å². The third-order valence-electron chi connectivity index (χ3n) is 2.31. The summed E-state index contributed by atoms with van der Waals surface area (Å²) >= 11 is 9.12. The predicted molar refractivity (Wildman–Crippen MR) is 70.6 cm³/mol. The molecule has 1 N–H and O–H groups in total. The van der Waals surface area contributed by atoms with Gasteiger partial charge in [0.2, 0.25) is 0 Å². The second-order valence-corrected chi connectivity index (χ2v) is 4.83. The van der Waals surface area contributed by atoms with Gasteiger partial charge in [-0.25, -0.2) is 13.8 Å². The van der Waals surface area contributed by atoms with E-state index >= 15 is 0 Å². The summed E-state index contributed by atoms with van der Waals surface area (Å²) in [5, 5.41) is 3.18. The van der Waals surface area contributed by atoms with Crippen molar-refractivity contribution >= 4 is 33.2 Å². The first kappa shape index (κ1) is 13.2. The average Bonchev–Trinajstić information content (AvgIpc) is 2.35. The zero-order valence-corrected chi connectivity index (χ0v) is 11.4. The van der Waals surface area contributed by atoms with E-state index in [2.05, 4.69) is 26.2 Å². The minimum atomic E-state index is -0.868. The maximum atomic E-state index is 13.4. The van der Waals surface area contributed by atoms with Crippen LogP contribution in [0.5, 0.6) is 0 Å². The molecule has 2 rings (SSSR count). The Balaban J connectivity index is 2.16. The molecule has 0 aliphatic rings. The third-order valence-corrected chi connectivity index (χ3v) is 3.04. The molecule has 0 aliphatic heterocycles. The number of pyridine rings is 1. The summed E-state index contributed by atoms with van der Waals surface area (Å²) < 4.78 is 27.2. The van der Waals surface area contributed by atoms with Crippen LogP contribution in [0.2, 0.25) is 5.15 Å². The van der Waals surface area contributed by atoms with Crippen molar-refractivity contribution in [3.05, 3.63) is 57.3 Å². The number of hydrogen-bond donors (Lipinski definition) is 1. The molecule has 0 aliphatic carbocycles. The first-order valence-corrected chi connectivity index (χ1v) is 6.23. The fourth-order valence-electron chi connectivity index (χ4n) is 1.42. The van der Waals surface area contributed by atoms with E-state index in [9.17, 15) is 8.78 Å². The number of halogens is 4. The maximum Gasteiger partial charge on any atom is 0.163 e. The summed E-state index contributed by atoms with van der Waals surface area (Å²) in [7, 11) is 0. The van der Waals surface area contributed by atoms with Gasteiger partial charge in [-0.15, -0.1) is 0 Å². The molecule has 0 radical (unpaired) electrons. The molecule has 0 fully saturated rings. The fourth-order valence-corrected chi connectivity index (χ4v) is 1.92. The average molecular weight is 334 g/mol. The van der Waals surface area contributed by atoms with Gasteiger partial charge in [0, 0.05) is 22.8 Å². The van der Waals surface area contributed by atoms with Gasteiger partial charge < -0.3 is 5.32 Å². The van der Waals surface area contributed by atoms with Crippen molar-refractivity contribution < 1.29 is 8.78 Å². The topological polar surface area (TPSA) is 24.9 Å². The summed E-state index contributed by atoms with van der Waals surface area (Å²) in [4.78, 5) is 3.92. The molecule has 0 saturated carbocycles. The molecule has 18 heavy (non-hydrogen) atoms. The lowest BCUT2D eigenvalue weighted by Gasteiger charge is -2.09. The van der Waals surface area contributed by atoms with Crippen LogP contribution in [0.15, 0.2) is 34.9 Å². The number of aromatic nitrogens is 1. The number of rotatable bonds is 3. The molecule has 6 heteroatoms. The molecule has 0 bridgehead atoms. The molecule has 0 amide bonds. The van der Waals surface area contributed by atoms with Crippen molar-refractivity contribution in [2.75, 3.05) is 5.32 Å². The highest BCUT2D eigenvalue weighted by molar-refractivity contribution is 9.10. The van der Waals surface area contributed by atoms with Gasteiger partial charge >= 0.3 is 0 Å². The summed E-state index contributed by atoms with van der Waals surface area (Å²) in [6, 6.07) is 5.75. The number of anilines is 1. The summed E-state index contributed by atoms with van der Waals surface area (Å²) in [5.41, 5.74) is 0.778. The Morgan fingerprint density at radius 3 is 2.89 bits per heavy atom. The van der Waals surface area contributed by atoms with Crippen LogP contribution in [-0.2, 0) is 6.54 Å². The SMILES string of the molecule is Fc1cccc(CNc2cc(Br)cnc2Cl)c1F. The lowest BCUT2D eigenvalue weighted by Crippen LogP contribution is -2.04. The van der Waals surface area contributed by atoms with Gasteiger partial charge in [0.15, 0.2) is 16.8 Å². The Kier molecular flexibility index (Phi) is 4.14. The molecule has 0 atom stereocenters. The largest absolute Gasteiger partial charge is 0.378 e. The lowest BCUT2D eigenvalue weighted by molar-refractivity contribution is 0.500. The monoisotopic (exact) mass is 332 g/mol. The zero-order valence-electron chi connectivity index (χ0n) is 9.05. The maximum absolute atomic E-state index is 13.4. The van der Waals surface area contributed by atoms with Crippen molar-refractivity contribution in [3.8, 4) is 0 Å². The summed E-state index contributed by atoms with van der Waals surface area (Å²) in [5.74, 6) is -1.73. The zero-order chi connectivity index (χ0) is 13.1. The van der Waals surface area contributed by atoms with Gasteiger partial charge in [0.1, 0.15) is 0 Å². The Morgan fingerprint density at radius 2 is 2.11 bits per heavy atom. The number of nitrogens with one attached hydrogen (secondary N) is 1. The van der Waals surface area contributed by atoms with Crippen LogP contribution in [0, 0.1) is 11.6 Å². The second-order valence-electron chi connectivity index (χ2n) is 3.56. The first-order chi connectivity index (χ1) is 8.58. The third kappa shape index (κ3) is 2.97. The van der Waals surface area contributed by atoms with Crippen LogP contribution in [0.4, 0.5) is 14.5 Å². The first-order valence-electron chi connectivity index (χ1n) is 5.05. The van der Waals surface area contributed by atoms with Crippen LogP contribution < -0.4 is 5.32 Å².